The molecule has 3 rings (SSSR count). The van der Waals surface area contributed by atoms with Crippen LogP contribution in [0.4, 0.5) is 51.1 Å². The molecule has 0 saturated heterocycles. The first-order valence-corrected chi connectivity index (χ1v) is 13.4. The molecular weight excluding hydrogens is 646 g/mol. The van der Waals surface area contributed by atoms with Gasteiger partial charge >= 0.3 is 24.5 Å². The van der Waals surface area contributed by atoms with Gasteiger partial charge in [-0.1, -0.05) is 0 Å². The topological polar surface area (TPSA) is 67.8 Å². The van der Waals surface area contributed by atoms with Crippen molar-refractivity contribution in [1.29, 1.82) is 0 Å². The number of benzene rings is 2. The summed E-state index contributed by atoms with van der Waals surface area (Å²) in [6.45, 7) is 0.907. The summed E-state index contributed by atoms with van der Waals surface area (Å²) in [7, 11) is 3.12. The smallest absolute Gasteiger partial charge is 0.416 e. The second-order valence-corrected chi connectivity index (χ2v) is 9.98. The number of hydrogen-bond acceptors (Lipinski definition) is 7. The van der Waals surface area contributed by atoms with Gasteiger partial charge in [0.05, 0.1) is 42.3 Å². The molecule has 0 aliphatic heterocycles. The molecule has 0 aliphatic carbocycles. The molecule has 0 bridgehead atoms. The Kier molecular flexibility index (Phi) is 13.6. The van der Waals surface area contributed by atoms with Crippen LogP contribution in [0.25, 0.3) is 0 Å². The van der Waals surface area contributed by atoms with Crippen molar-refractivity contribution >= 4 is 47.2 Å². The predicted octanol–water partition coefficient (Wildman–Crippen LogP) is 7.15. The molecule has 1 radical (unpaired) electrons. The number of halogens is 9. The molecule has 0 aliphatic rings. The molecule has 3 aromatic rings. The number of hydrogen-bond donors (Lipinski definition) is 0. The van der Waals surface area contributed by atoms with Gasteiger partial charge < -0.3 is 19.3 Å². The maximum atomic E-state index is 13.6. The molecule has 0 atom stereocenters. The first-order valence-electron chi connectivity index (χ1n) is 13.4. The fourth-order valence-electron chi connectivity index (χ4n) is 4.25. The molecule has 17 heteroatoms. The van der Waals surface area contributed by atoms with Crippen molar-refractivity contribution in [3.05, 3.63) is 76.6 Å². The van der Waals surface area contributed by atoms with Gasteiger partial charge in [-0.2, -0.15) is 39.5 Å². The zero-order valence-electron chi connectivity index (χ0n) is 25.3. The van der Waals surface area contributed by atoms with Crippen LogP contribution in [-0.2, 0) is 41.1 Å². The van der Waals surface area contributed by atoms with E-state index >= 15 is 0 Å². The second kappa shape index (κ2) is 16.0. The molecular formula is C29H29F9N4NaO3. The van der Waals surface area contributed by atoms with Gasteiger partial charge in [-0.15, -0.1) is 0 Å². The van der Waals surface area contributed by atoms with E-state index in [0.29, 0.717) is 24.2 Å². The van der Waals surface area contributed by atoms with Crippen LogP contribution in [-0.4, -0.2) is 72.8 Å². The molecule has 1 heterocycles. The Morgan fingerprint density at radius 3 is 1.87 bits per heavy atom. The molecule has 0 saturated carbocycles. The van der Waals surface area contributed by atoms with Crippen LogP contribution in [0.1, 0.15) is 47.6 Å². The van der Waals surface area contributed by atoms with Crippen molar-refractivity contribution in [3.63, 3.8) is 0 Å². The molecule has 0 spiro atoms. The third-order valence-electron chi connectivity index (χ3n) is 6.27. The predicted molar refractivity (Wildman–Crippen MR) is 151 cm³/mol. The Bertz CT molecular complexity index is 1420. The monoisotopic (exact) mass is 675 g/mol. The third kappa shape index (κ3) is 11.2. The molecule has 0 N–H and O–H groups in total. The minimum atomic E-state index is -5.11. The van der Waals surface area contributed by atoms with Gasteiger partial charge in [0.15, 0.2) is 5.75 Å². The molecule has 0 unspecified atom stereocenters. The van der Waals surface area contributed by atoms with E-state index in [0.717, 1.165) is 17.0 Å². The number of carbonyl (C=O) groups is 1. The summed E-state index contributed by atoms with van der Waals surface area (Å²) in [6.07, 6.45) is -12.2. The fourth-order valence-corrected chi connectivity index (χ4v) is 4.25. The van der Waals surface area contributed by atoms with Crippen LogP contribution in [0.3, 0.4) is 0 Å². The standard InChI is InChI=1S/C29H29F9N4O3.Na/c1-4-44-25(43)6-5-9-45-23-14-39-26(40-15-23)42(17-19-12-20(27(30,31)32)7-8-24(19)41(2)3)16-18-10-21(28(33,34)35)13-22(11-18)29(36,37)38;/h7-8,10-15H,4-6,9,16-17H2,1-3H3;. The van der Waals surface area contributed by atoms with E-state index < -0.39 is 59.8 Å². The Labute approximate surface area is 281 Å². The number of anilines is 2. The summed E-state index contributed by atoms with van der Waals surface area (Å²) in [5, 5.41) is 0. The number of aromatic nitrogens is 2. The first-order chi connectivity index (χ1) is 20.9. The van der Waals surface area contributed by atoms with Gasteiger partial charge in [0.2, 0.25) is 5.95 Å². The summed E-state index contributed by atoms with van der Waals surface area (Å²) in [5.41, 5.74) is -4.16. The van der Waals surface area contributed by atoms with E-state index in [1.807, 2.05) is 0 Å². The van der Waals surface area contributed by atoms with Crippen molar-refractivity contribution in [2.45, 2.75) is 51.4 Å². The van der Waals surface area contributed by atoms with Crippen molar-refractivity contribution in [3.8, 4) is 5.75 Å². The molecule has 7 nitrogen and oxygen atoms in total. The Balaban J connectivity index is 0.00000736. The SMILES string of the molecule is CCOC(=O)CCCOc1cnc(N(Cc2cc(C(F)(F)F)cc(C(F)(F)F)c2)Cc2cc(C(F)(F)F)ccc2N(C)C)nc1.[Na]. The number of ether oxygens (including phenoxy) is 2. The van der Waals surface area contributed by atoms with Crippen LogP contribution in [0.15, 0.2) is 48.8 Å². The molecule has 1 aromatic heterocycles. The second-order valence-electron chi connectivity index (χ2n) is 9.98. The van der Waals surface area contributed by atoms with E-state index in [4.69, 9.17) is 9.47 Å². The zero-order chi connectivity index (χ0) is 33.6. The molecule has 46 heavy (non-hydrogen) atoms. The Morgan fingerprint density at radius 2 is 1.37 bits per heavy atom. The van der Waals surface area contributed by atoms with Crippen LogP contribution in [0.5, 0.6) is 5.75 Å². The third-order valence-corrected chi connectivity index (χ3v) is 6.27. The summed E-state index contributed by atoms with van der Waals surface area (Å²) in [6, 6.07) is 3.95. The molecule has 247 valence electrons. The van der Waals surface area contributed by atoms with Crippen molar-refractivity contribution in [2.24, 2.45) is 0 Å². The number of nitrogens with zero attached hydrogens (tertiary/aromatic N) is 4. The number of rotatable bonds is 12. The van der Waals surface area contributed by atoms with E-state index in [9.17, 15) is 44.3 Å². The van der Waals surface area contributed by atoms with Crippen LogP contribution in [0.2, 0.25) is 0 Å². The number of esters is 1. The first kappa shape index (κ1) is 38.9. The zero-order valence-corrected chi connectivity index (χ0v) is 27.3. The Hall–Kier alpha value is -3.24. The van der Waals surface area contributed by atoms with Crippen molar-refractivity contribution < 1.29 is 53.8 Å². The minimum Gasteiger partial charge on any atom is -0.490 e. The van der Waals surface area contributed by atoms with Gasteiger partial charge in [-0.25, -0.2) is 9.97 Å². The van der Waals surface area contributed by atoms with Gasteiger partial charge in [-0.3, -0.25) is 4.79 Å². The number of alkyl halides is 9. The molecule has 0 amide bonds. The van der Waals surface area contributed by atoms with Crippen LogP contribution in [0, 0.1) is 0 Å². The average Bonchev–Trinajstić information content (AvgIpc) is 2.94. The fraction of sp³-hybridized carbons (Fsp3) is 0.414. The maximum Gasteiger partial charge on any atom is 0.416 e. The minimum absolute atomic E-state index is 0. The van der Waals surface area contributed by atoms with Gasteiger partial charge in [0.1, 0.15) is 0 Å². The van der Waals surface area contributed by atoms with Gasteiger partial charge in [0.25, 0.3) is 0 Å². The normalized spacial score (nSPS) is 11.9. The Morgan fingerprint density at radius 1 is 0.804 bits per heavy atom. The van der Waals surface area contributed by atoms with Crippen molar-refractivity contribution in [1.82, 2.24) is 9.97 Å². The van der Waals surface area contributed by atoms with Crippen LogP contribution >= 0.6 is 0 Å². The quantitative estimate of drug-likeness (QED) is 0.0875. The van der Waals surface area contributed by atoms with E-state index in [2.05, 4.69) is 9.97 Å². The number of carbonyl (C=O) groups excluding carboxylic acids is 1. The summed E-state index contributed by atoms with van der Waals surface area (Å²) in [5.74, 6) is -0.491. The van der Waals surface area contributed by atoms with E-state index in [1.54, 1.807) is 21.0 Å². The summed E-state index contributed by atoms with van der Waals surface area (Å²) >= 11 is 0. The van der Waals surface area contributed by atoms with E-state index in [-0.39, 0.29) is 72.5 Å². The van der Waals surface area contributed by atoms with Gasteiger partial charge in [0, 0.05) is 68.9 Å². The van der Waals surface area contributed by atoms with Gasteiger partial charge in [-0.05, 0) is 60.9 Å². The van der Waals surface area contributed by atoms with Crippen LogP contribution < -0.4 is 14.5 Å². The average molecular weight is 676 g/mol. The van der Waals surface area contributed by atoms with Crippen molar-refractivity contribution in [2.75, 3.05) is 37.1 Å². The largest absolute Gasteiger partial charge is 0.490 e. The summed E-state index contributed by atoms with van der Waals surface area (Å²) in [4.78, 5) is 22.4. The summed E-state index contributed by atoms with van der Waals surface area (Å²) < 4.78 is 132. The molecule has 0 fully saturated rings. The van der Waals surface area contributed by atoms with E-state index in [1.165, 1.54) is 23.4 Å². The molecule has 2 aromatic carbocycles. The maximum absolute atomic E-state index is 13.6.